The van der Waals surface area contributed by atoms with Crippen molar-refractivity contribution in [1.29, 1.82) is 0 Å². The number of hydrogen-bond acceptors (Lipinski definition) is 2. The standard InChI is InChI=1S/C10H20N2O/c1-10(2)3-4-11-5-7-12(9-13)8-6-11/h9-10H,3-8H2,1-2H3. The van der Waals surface area contributed by atoms with E-state index < -0.39 is 0 Å². The van der Waals surface area contributed by atoms with Gasteiger partial charge >= 0.3 is 0 Å². The van der Waals surface area contributed by atoms with Crippen molar-refractivity contribution in [1.82, 2.24) is 9.80 Å². The van der Waals surface area contributed by atoms with Gasteiger partial charge in [0.25, 0.3) is 0 Å². The summed E-state index contributed by atoms with van der Waals surface area (Å²) >= 11 is 0. The maximum atomic E-state index is 10.4. The highest BCUT2D eigenvalue weighted by Gasteiger charge is 2.14. The van der Waals surface area contributed by atoms with E-state index in [1.807, 2.05) is 4.90 Å². The average molecular weight is 184 g/mol. The Balaban J connectivity index is 2.14. The van der Waals surface area contributed by atoms with Crippen LogP contribution in [0.4, 0.5) is 0 Å². The fourth-order valence-electron chi connectivity index (χ4n) is 1.53. The predicted molar refractivity (Wildman–Crippen MR) is 53.5 cm³/mol. The van der Waals surface area contributed by atoms with Gasteiger partial charge < -0.3 is 4.90 Å². The lowest BCUT2D eigenvalue weighted by molar-refractivity contribution is -0.119. The first kappa shape index (κ1) is 10.5. The van der Waals surface area contributed by atoms with E-state index in [1.54, 1.807) is 0 Å². The SMILES string of the molecule is CC(C)CCN1CCN(C=O)CC1. The van der Waals surface area contributed by atoms with E-state index in [9.17, 15) is 4.79 Å². The lowest BCUT2D eigenvalue weighted by Gasteiger charge is -2.32. The van der Waals surface area contributed by atoms with E-state index in [4.69, 9.17) is 0 Å². The second kappa shape index (κ2) is 5.22. The summed E-state index contributed by atoms with van der Waals surface area (Å²) < 4.78 is 0. The molecule has 0 spiro atoms. The number of carbonyl (C=O) groups excluding carboxylic acids is 1. The molecule has 0 bridgehead atoms. The van der Waals surface area contributed by atoms with Crippen LogP contribution >= 0.6 is 0 Å². The molecule has 0 saturated carbocycles. The van der Waals surface area contributed by atoms with E-state index in [-0.39, 0.29) is 0 Å². The number of piperazine rings is 1. The highest BCUT2D eigenvalue weighted by Crippen LogP contribution is 2.04. The Kier molecular flexibility index (Phi) is 4.22. The van der Waals surface area contributed by atoms with Crippen molar-refractivity contribution in [3.63, 3.8) is 0 Å². The minimum atomic E-state index is 0.782. The molecule has 0 atom stereocenters. The quantitative estimate of drug-likeness (QED) is 0.604. The van der Waals surface area contributed by atoms with Gasteiger partial charge in [-0.05, 0) is 18.9 Å². The van der Waals surface area contributed by atoms with Crippen LogP contribution in [0.1, 0.15) is 20.3 Å². The summed E-state index contributed by atoms with van der Waals surface area (Å²) in [5.41, 5.74) is 0. The number of amides is 1. The van der Waals surface area contributed by atoms with Crippen LogP contribution in [0.25, 0.3) is 0 Å². The fourth-order valence-corrected chi connectivity index (χ4v) is 1.53. The third-order valence-corrected chi connectivity index (χ3v) is 2.58. The Morgan fingerprint density at radius 2 is 1.85 bits per heavy atom. The molecule has 0 aliphatic carbocycles. The number of rotatable bonds is 4. The Labute approximate surface area is 80.7 Å². The minimum absolute atomic E-state index is 0.782. The molecule has 0 aromatic carbocycles. The van der Waals surface area contributed by atoms with Crippen LogP contribution in [0.15, 0.2) is 0 Å². The second-order valence-corrected chi connectivity index (χ2v) is 4.17. The first-order chi connectivity index (χ1) is 6.22. The number of carbonyl (C=O) groups is 1. The summed E-state index contributed by atoms with van der Waals surface area (Å²) in [7, 11) is 0. The topological polar surface area (TPSA) is 23.6 Å². The summed E-state index contributed by atoms with van der Waals surface area (Å²) in [5, 5.41) is 0. The summed E-state index contributed by atoms with van der Waals surface area (Å²) in [6.07, 6.45) is 2.22. The van der Waals surface area contributed by atoms with Crippen LogP contribution in [0.5, 0.6) is 0 Å². The van der Waals surface area contributed by atoms with Crippen LogP contribution in [-0.2, 0) is 4.79 Å². The normalized spacial score (nSPS) is 19.5. The Morgan fingerprint density at radius 3 is 2.31 bits per heavy atom. The van der Waals surface area contributed by atoms with Gasteiger partial charge in [0.05, 0.1) is 0 Å². The van der Waals surface area contributed by atoms with Crippen molar-refractivity contribution in [2.24, 2.45) is 5.92 Å². The number of nitrogens with zero attached hydrogens (tertiary/aromatic N) is 2. The summed E-state index contributed by atoms with van der Waals surface area (Å²) in [6, 6.07) is 0. The van der Waals surface area contributed by atoms with Gasteiger partial charge in [-0.2, -0.15) is 0 Å². The van der Waals surface area contributed by atoms with E-state index >= 15 is 0 Å². The van der Waals surface area contributed by atoms with Gasteiger partial charge in [-0.25, -0.2) is 0 Å². The van der Waals surface area contributed by atoms with Crippen molar-refractivity contribution in [2.45, 2.75) is 20.3 Å². The molecule has 1 fully saturated rings. The van der Waals surface area contributed by atoms with E-state index in [0.29, 0.717) is 0 Å². The van der Waals surface area contributed by atoms with Crippen molar-refractivity contribution in [3.05, 3.63) is 0 Å². The van der Waals surface area contributed by atoms with Crippen molar-refractivity contribution in [2.75, 3.05) is 32.7 Å². The largest absolute Gasteiger partial charge is 0.343 e. The third kappa shape index (κ3) is 3.77. The summed E-state index contributed by atoms with van der Waals surface area (Å²) in [5.74, 6) is 0.782. The maximum Gasteiger partial charge on any atom is 0.209 e. The molecule has 0 N–H and O–H groups in total. The second-order valence-electron chi connectivity index (χ2n) is 4.17. The molecular formula is C10H20N2O. The molecular weight excluding hydrogens is 164 g/mol. The Morgan fingerprint density at radius 1 is 1.23 bits per heavy atom. The zero-order chi connectivity index (χ0) is 9.68. The molecule has 1 saturated heterocycles. The van der Waals surface area contributed by atoms with Crippen LogP contribution in [0.2, 0.25) is 0 Å². The van der Waals surface area contributed by atoms with Gasteiger partial charge in [-0.1, -0.05) is 13.8 Å². The Hall–Kier alpha value is -0.570. The molecule has 3 nitrogen and oxygen atoms in total. The molecule has 1 amide bonds. The molecule has 13 heavy (non-hydrogen) atoms. The van der Waals surface area contributed by atoms with Crippen molar-refractivity contribution >= 4 is 6.41 Å². The molecule has 0 aromatic rings. The molecule has 0 radical (unpaired) electrons. The van der Waals surface area contributed by atoms with Gasteiger partial charge in [0.2, 0.25) is 6.41 Å². The zero-order valence-electron chi connectivity index (χ0n) is 8.70. The van der Waals surface area contributed by atoms with E-state index in [2.05, 4.69) is 18.7 Å². The molecule has 3 heteroatoms. The van der Waals surface area contributed by atoms with Gasteiger partial charge in [0.1, 0.15) is 0 Å². The van der Waals surface area contributed by atoms with Gasteiger partial charge in [-0.15, -0.1) is 0 Å². The van der Waals surface area contributed by atoms with Crippen molar-refractivity contribution < 1.29 is 4.79 Å². The molecule has 0 aromatic heterocycles. The van der Waals surface area contributed by atoms with Gasteiger partial charge in [0, 0.05) is 26.2 Å². The first-order valence-electron chi connectivity index (χ1n) is 5.14. The highest BCUT2D eigenvalue weighted by atomic mass is 16.1. The predicted octanol–water partition coefficient (Wildman–Crippen LogP) is 0.806. The minimum Gasteiger partial charge on any atom is -0.343 e. The lowest BCUT2D eigenvalue weighted by atomic mass is 10.1. The molecule has 1 aliphatic heterocycles. The first-order valence-corrected chi connectivity index (χ1v) is 5.14. The van der Waals surface area contributed by atoms with Crippen LogP contribution < -0.4 is 0 Å². The molecule has 76 valence electrons. The number of hydrogen-bond donors (Lipinski definition) is 0. The fraction of sp³-hybridized carbons (Fsp3) is 0.900. The third-order valence-electron chi connectivity index (χ3n) is 2.58. The van der Waals surface area contributed by atoms with Crippen LogP contribution in [0, 0.1) is 5.92 Å². The van der Waals surface area contributed by atoms with Gasteiger partial charge in [-0.3, -0.25) is 9.69 Å². The van der Waals surface area contributed by atoms with Crippen LogP contribution in [-0.4, -0.2) is 48.9 Å². The highest BCUT2D eigenvalue weighted by molar-refractivity contribution is 5.47. The maximum absolute atomic E-state index is 10.4. The van der Waals surface area contributed by atoms with Gasteiger partial charge in [0.15, 0.2) is 0 Å². The lowest BCUT2D eigenvalue weighted by Crippen LogP contribution is -2.45. The molecule has 1 aliphatic rings. The zero-order valence-corrected chi connectivity index (χ0v) is 8.70. The Bertz CT molecular complexity index is 151. The van der Waals surface area contributed by atoms with E-state index in [0.717, 1.165) is 38.5 Å². The smallest absolute Gasteiger partial charge is 0.209 e. The van der Waals surface area contributed by atoms with Crippen LogP contribution in [0.3, 0.4) is 0 Å². The molecule has 1 rings (SSSR count). The average Bonchev–Trinajstić information content (AvgIpc) is 2.15. The summed E-state index contributed by atoms with van der Waals surface area (Å²) in [4.78, 5) is 14.7. The van der Waals surface area contributed by atoms with Crippen molar-refractivity contribution in [3.8, 4) is 0 Å². The molecule has 1 heterocycles. The molecule has 0 unspecified atom stereocenters. The monoisotopic (exact) mass is 184 g/mol. The van der Waals surface area contributed by atoms with E-state index in [1.165, 1.54) is 13.0 Å². The summed E-state index contributed by atoms with van der Waals surface area (Å²) in [6.45, 7) is 9.59.